The maximum atomic E-state index is 12.5. The lowest BCUT2D eigenvalue weighted by molar-refractivity contribution is -0.137. The molecule has 10 heteroatoms. The third-order valence-electron chi connectivity index (χ3n) is 3.26. The number of benzene rings is 1. The van der Waals surface area contributed by atoms with E-state index in [1.807, 2.05) is 0 Å². The molecule has 0 aliphatic carbocycles. The van der Waals surface area contributed by atoms with Gasteiger partial charge in [-0.05, 0) is 36.4 Å². The van der Waals surface area contributed by atoms with Crippen LogP contribution in [0.1, 0.15) is 5.56 Å². The molecule has 0 saturated carbocycles. The van der Waals surface area contributed by atoms with Crippen molar-refractivity contribution in [2.24, 2.45) is 0 Å². The van der Waals surface area contributed by atoms with Crippen molar-refractivity contribution in [3.8, 4) is 5.82 Å². The van der Waals surface area contributed by atoms with Gasteiger partial charge in [0.25, 0.3) is 10.0 Å². The molecule has 6 nitrogen and oxygen atoms in total. The summed E-state index contributed by atoms with van der Waals surface area (Å²) in [4.78, 5) is 7.69. The molecule has 0 fully saturated rings. The van der Waals surface area contributed by atoms with Gasteiger partial charge in [-0.15, -0.1) is 0 Å². The monoisotopic (exact) mass is 368 g/mol. The smallest absolute Gasteiger partial charge is 0.291 e. The minimum atomic E-state index is -4.53. The van der Waals surface area contributed by atoms with Crippen LogP contribution in [0.5, 0.6) is 0 Å². The fourth-order valence-corrected chi connectivity index (χ4v) is 3.07. The molecule has 0 spiro atoms. The third-order valence-corrected chi connectivity index (χ3v) is 4.66. The quantitative estimate of drug-likeness (QED) is 0.768. The summed E-state index contributed by atoms with van der Waals surface area (Å²) in [5, 5.41) is 0. The molecule has 3 rings (SSSR count). The summed E-state index contributed by atoms with van der Waals surface area (Å²) in [6.07, 6.45) is 1.56. The van der Waals surface area contributed by atoms with Gasteiger partial charge in [-0.2, -0.15) is 13.2 Å². The Kier molecular flexibility index (Phi) is 4.21. The molecule has 2 heterocycles. The largest absolute Gasteiger partial charge is 0.416 e. The Morgan fingerprint density at radius 1 is 1.04 bits per heavy atom. The summed E-state index contributed by atoms with van der Waals surface area (Å²) >= 11 is 0. The lowest BCUT2D eigenvalue weighted by Gasteiger charge is -2.10. The van der Waals surface area contributed by atoms with E-state index in [1.54, 1.807) is 23.0 Å². The van der Waals surface area contributed by atoms with E-state index in [0.29, 0.717) is 5.82 Å². The number of rotatable bonds is 4. The van der Waals surface area contributed by atoms with Crippen LogP contribution in [0.3, 0.4) is 0 Å². The zero-order chi connectivity index (χ0) is 18.1. The minimum Gasteiger partial charge on any atom is -0.291 e. The van der Waals surface area contributed by atoms with Crippen molar-refractivity contribution < 1.29 is 21.6 Å². The molecule has 25 heavy (non-hydrogen) atoms. The highest BCUT2D eigenvalue weighted by Crippen LogP contribution is 2.30. The Labute approximate surface area is 141 Å². The second-order valence-electron chi connectivity index (χ2n) is 5.00. The van der Waals surface area contributed by atoms with Gasteiger partial charge >= 0.3 is 6.18 Å². The Bertz CT molecular complexity index is 952. The van der Waals surface area contributed by atoms with Crippen molar-refractivity contribution in [3.05, 3.63) is 66.9 Å². The summed E-state index contributed by atoms with van der Waals surface area (Å²) in [6, 6.07) is 6.30. The first kappa shape index (κ1) is 17.0. The topological polar surface area (TPSA) is 76.9 Å². The number of alkyl halides is 3. The SMILES string of the molecule is O=S(=O)(Nc1ccc(-n2ccnc2)nc1)c1ccc(C(F)(F)F)cc1. The van der Waals surface area contributed by atoms with E-state index < -0.39 is 21.8 Å². The molecule has 2 aromatic heterocycles. The van der Waals surface area contributed by atoms with Crippen LogP contribution >= 0.6 is 0 Å². The van der Waals surface area contributed by atoms with Gasteiger partial charge in [-0.25, -0.2) is 18.4 Å². The first-order chi connectivity index (χ1) is 11.8. The highest BCUT2D eigenvalue weighted by molar-refractivity contribution is 7.92. The van der Waals surface area contributed by atoms with Crippen LogP contribution in [0.25, 0.3) is 5.82 Å². The fraction of sp³-hybridized carbons (Fsp3) is 0.0667. The number of sulfonamides is 1. The van der Waals surface area contributed by atoms with E-state index in [1.165, 1.54) is 18.6 Å². The highest BCUT2D eigenvalue weighted by atomic mass is 32.2. The van der Waals surface area contributed by atoms with E-state index in [-0.39, 0.29) is 10.6 Å². The molecular formula is C15H11F3N4O2S. The van der Waals surface area contributed by atoms with Gasteiger partial charge in [0.2, 0.25) is 0 Å². The van der Waals surface area contributed by atoms with E-state index in [9.17, 15) is 21.6 Å². The van der Waals surface area contributed by atoms with E-state index in [4.69, 9.17) is 0 Å². The molecule has 1 aromatic carbocycles. The predicted molar refractivity (Wildman–Crippen MR) is 83.6 cm³/mol. The highest BCUT2D eigenvalue weighted by Gasteiger charge is 2.30. The number of hydrogen-bond donors (Lipinski definition) is 1. The Morgan fingerprint density at radius 3 is 2.28 bits per heavy atom. The average Bonchev–Trinajstić information content (AvgIpc) is 3.09. The minimum absolute atomic E-state index is 0.184. The third kappa shape index (κ3) is 3.79. The van der Waals surface area contributed by atoms with Crippen molar-refractivity contribution in [2.45, 2.75) is 11.1 Å². The lowest BCUT2D eigenvalue weighted by atomic mass is 10.2. The van der Waals surface area contributed by atoms with Crippen molar-refractivity contribution in [1.29, 1.82) is 0 Å². The Balaban J connectivity index is 1.79. The summed E-state index contributed by atoms with van der Waals surface area (Å²) in [5.41, 5.74) is -0.735. The second kappa shape index (κ2) is 6.20. The van der Waals surface area contributed by atoms with E-state index >= 15 is 0 Å². The molecule has 1 N–H and O–H groups in total. The Hall–Kier alpha value is -2.88. The van der Waals surface area contributed by atoms with E-state index in [0.717, 1.165) is 24.3 Å². The van der Waals surface area contributed by atoms with Crippen LogP contribution in [0.4, 0.5) is 18.9 Å². The standard InChI is InChI=1S/C15H11F3N4O2S/c16-15(17,18)11-1-4-13(5-2-11)25(23,24)21-12-3-6-14(20-9-12)22-8-7-19-10-22/h1-10,21H. The molecule has 130 valence electrons. The molecule has 0 saturated heterocycles. The van der Waals surface area contributed by atoms with Crippen LogP contribution in [0, 0.1) is 0 Å². The van der Waals surface area contributed by atoms with Gasteiger partial charge in [0, 0.05) is 12.4 Å². The number of hydrogen-bond acceptors (Lipinski definition) is 4. The van der Waals surface area contributed by atoms with Gasteiger partial charge in [-0.3, -0.25) is 9.29 Å². The van der Waals surface area contributed by atoms with Crippen molar-refractivity contribution in [3.63, 3.8) is 0 Å². The zero-order valence-corrected chi connectivity index (χ0v) is 13.3. The molecule has 0 radical (unpaired) electrons. The first-order valence-corrected chi connectivity index (χ1v) is 8.38. The molecule has 0 atom stereocenters. The van der Waals surface area contributed by atoms with Crippen molar-refractivity contribution in [1.82, 2.24) is 14.5 Å². The van der Waals surface area contributed by atoms with Gasteiger partial charge in [0.05, 0.1) is 22.3 Å². The number of aromatic nitrogens is 3. The van der Waals surface area contributed by atoms with Crippen LogP contribution in [-0.4, -0.2) is 23.0 Å². The average molecular weight is 368 g/mol. The second-order valence-corrected chi connectivity index (χ2v) is 6.69. The Morgan fingerprint density at radius 2 is 1.76 bits per heavy atom. The molecule has 0 amide bonds. The number of nitrogens with one attached hydrogen (secondary N) is 1. The predicted octanol–water partition coefficient (Wildman–Crippen LogP) is 3.09. The van der Waals surface area contributed by atoms with Crippen molar-refractivity contribution in [2.75, 3.05) is 4.72 Å². The summed E-state index contributed by atoms with van der Waals surface area (Å²) in [6.45, 7) is 0. The van der Waals surface area contributed by atoms with Gasteiger partial charge < -0.3 is 0 Å². The zero-order valence-electron chi connectivity index (χ0n) is 12.5. The molecular weight excluding hydrogens is 357 g/mol. The fourth-order valence-electron chi connectivity index (χ4n) is 2.03. The normalized spacial score (nSPS) is 12.1. The van der Waals surface area contributed by atoms with Crippen molar-refractivity contribution >= 4 is 15.7 Å². The van der Waals surface area contributed by atoms with Gasteiger partial charge in [-0.1, -0.05) is 0 Å². The lowest BCUT2D eigenvalue weighted by Crippen LogP contribution is -2.14. The summed E-state index contributed by atoms with van der Waals surface area (Å²) in [5.74, 6) is 0.537. The number of halogens is 3. The van der Waals surface area contributed by atoms with Gasteiger partial charge in [0.1, 0.15) is 12.1 Å². The van der Waals surface area contributed by atoms with Crippen LogP contribution in [0.2, 0.25) is 0 Å². The molecule has 0 aliphatic rings. The number of anilines is 1. The van der Waals surface area contributed by atoms with Crippen LogP contribution in [-0.2, 0) is 16.2 Å². The molecule has 0 bridgehead atoms. The van der Waals surface area contributed by atoms with Gasteiger partial charge in [0.15, 0.2) is 0 Å². The molecule has 3 aromatic rings. The maximum absolute atomic E-state index is 12.5. The number of imidazole rings is 1. The van der Waals surface area contributed by atoms with Crippen LogP contribution in [0.15, 0.2) is 66.2 Å². The van der Waals surface area contributed by atoms with E-state index in [2.05, 4.69) is 14.7 Å². The van der Waals surface area contributed by atoms with Crippen LogP contribution < -0.4 is 4.72 Å². The number of pyridine rings is 1. The summed E-state index contributed by atoms with van der Waals surface area (Å²) < 4.78 is 66.0. The first-order valence-electron chi connectivity index (χ1n) is 6.90. The maximum Gasteiger partial charge on any atom is 0.416 e. The summed E-state index contributed by atoms with van der Waals surface area (Å²) in [7, 11) is -4.02. The molecule has 0 aliphatic heterocycles. The molecule has 0 unspecified atom stereocenters. The number of nitrogens with zero attached hydrogens (tertiary/aromatic N) is 3.